The van der Waals surface area contributed by atoms with E-state index in [2.05, 4.69) is 26.5 Å². The van der Waals surface area contributed by atoms with Gasteiger partial charge >= 0.3 is 6.03 Å². The summed E-state index contributed by atoms with van der Waals surface area (Å²) < 4.78 is 0. The van der Waals surface area contributed by atoms with Crippen LogP contribution in [0.3, 0.4) is 0 Å². The minimum absolute atomic E-state index is 0.118. The zero-order valence-corrected chi connectivity index (χ0v) is 14.7. The second-order valence-electron chi connectivity index (χ2n) is 6.41. The Morgan fingerprint density at radius 1 is 1.08 bits per heavy atom. The number of aryl methyl sites for hydroxylation is 2. The van der Waals surface area contributed by atoms with Crippen LogP contribution in [0.2, 0.25) is 5.02 Å². The third-order valence-corrected chi connectivity index (χ3v) is 5.14. The first kappa shape index (κ1) is 16.1. The van der Waals surface area contributed by atoms with Gasteiger partial charge in [-0.05, 0) is 43.0 Å². The van der Waals surface area contributed by atoms with Crippen LogP contribution in [0.4, 0.5) is 16.3 Å². The van der Waals surface area contributed by atoms with Gasteiger partial charge in [-0.25, -0.2) is 4.79 Å². The van der Waals surface area contributed by atoms with E-state index in [0.29, 0.717) is 23.8 Å². The van der Waals surface area contributed by atoms with Gasteiger partial charge in [0.1, 0.15) is 0 Å². The standard InChI is InChI=1S/C18H20ClN5O/c19-14-5-1-2-6-16(14)20-18(25)24-10-8-23(9-11-24)17-12-13-4-3-7-15(13)21-22-17/h1-2,5-6,12H,3-4,7-11H2,(H,20,25). The third kappa shape index (κ3) is 3.39. The number of nitrogens with one attached hydrogen (secondary N) is 1. The van der Waals surface area contributed by atoms with Crippen molar-refractivity contribution < 1.29 is 4.79 Å². The van der Waals surface area contributed by atoms with Crippen LogP contribution in [0.15, 0.2) is 30.3 Å². The van der Waals surface area contributed by atoms with Crippen LogP contribution in [0.1, 0.15) is 17.7 Å². The Kier molecular flexibility index (Phi) is 4.44. The van der Waals surface area contributed by atoms with E-state index in [9.17, 15) is 4.79 Å². The molecular formula is C18H20ClN5O. The molecular weight excluding hydrogens is 338 g/mol. The molecule has 130 valence electrons. The maximum absolute atomic E-state index is 12.4. The van der Waals surface area contributed by atoms with E-state index >= 15 is 0 Å². The Morgan fingerprint density at radius 2 is 1.88 bits per heavy atom. The molecule has 7 heteroatoms. The Labute approximate surface area is 151 Å². The highest BCUT2D eigenvalue weighted by atomic mass is 35.5. The SMILES string of the molecule is O=C(Nc1ccccc1Cl)N1CCN(c2cc3c(nn2)CCC3)CC1. The molecule has 0 unspecified atom stereocenters. The van der Waals surface area contributed by atoms with Gasteiger partial charge < -0.3 is 15.1 Å². The second-order valence-corrected chi connectivity index (χ2v) is 6.82. The lowest BCUT2D eigenvalue weighted by atomic mass is 10.2. The number of amides is 2. The number of piperazine rings is 1. The van der Waals surface area contributed by atoms with Crippen molar-refractivity contribution >= 4 is 29.1 Å². The number of rotatable bonds is 2. The van der Waals surface area contributed by atoms with Gasteiger partial charge in [0.15, 0.2) is 5.82 Å². The lowest BCUT2D eigenvalue weighted by Gasteiger charge is -2.35. The number of benzene rings is 1. The number of anilines is 2. The number of halogens is 1. The Hall–Kier alpha value is -2.34. The minimum atomic E-state index is -0.118. The minimum Gasteiger partial charge on any atom is -0.352 e. The molecule has 0 atom stereocenters. The average Bonchev–Trinajstić information content (AvgIpc) is 3.11. The summed E-state index contributed by atoms with van der Waals surface area (Å²) >= 11 is 6.10. The number of fused-ring (bicyclic) bond motifs is 1. The maximum atomic E-state index is 12.4. The first-order valence-corrected chi connectivity index (χ1v) is 8.99. The number of hydrogen-bond donors (Lipinski definition) is 1. The predicted molar refractivity (Wildman–Crippen MR) is 98.3 cm³/mol. The van der Waals surface area contributed by atoms with Crippen molar-refractivity contribution in [3.63, 3.8) is 0 Å². The molecule has 1 fully saturated rings. The number of nitrogens with zero attached hydrogens (tertiary/aromatic N) is 4. The fraction of sp³-hybridized carbons (Fsp3) is 0.389. The summed E-state index contributed by atoms with van der Waals surface area (Å²) in [6.07, 6.45) is 3.31. The molecule has 1 aromatic carbocycles. The topological polar surface area (TPSA) is 61.4 Å². The molecule has 1 N–H and O–H groups in total. The van der Waals surface area contributed by atoms with Gasteiger partial charge in [-0.2, -0.15) is 5.10 Å². The number of carbonyl (C=O) groups excluding carboxylic acids is 1. The lowest BCUT2D eigenvalue weighted by Crippen LogP contribution is -2.50. The molecule has 1 aliphatic heterocycles. The average molecular weight is 358 g/mol. The van der Waals surface area contributed by atoms with Crippen molar-refractivity contribution in [2.24, 2.45) is 0 Å². The van der Waals surface area contributed by atoms with Gasteiger partial charge in [0.25, 0.3) is 0 Å². The highest BCUT2D eigenvalue weighted by molar-refractivity contribution is 6.33. The van der Waals surface area contributed by atoms with Crippen molar-refractivity contribution in [1.82, 2.24) is 15.1 Å². The van der Waals surface area contributed by atoms with Crippen LogP contribution in [0.25, 0.3) is 0 Å². The van der Waals surface area contributed by atoms with Crippen LogP contribution in [0, 0.1) is 0 Å². The number of carbonyl (C=O) groups is 1. The van der Waals surface area contributed by atoms with Crippen molar-refractivity contribution in [3.8, 4) is 0 Å². The van der Waals surface area contributed by atoms with Crippen LogP contribution in [-0.2, 0) is 12.8 Å². The monoisotopic (exact) mass is 357 g/mol. The maximum Gasteiger partial charge on any atom is 0.322 e. The zero-order valence-electron chi connectivity index (χ0n) is 13.9. The molecule has 25 heavy (non-hydrogen) atoms. The van der Waals surface area contributed by atoms with Gasteiger partial charge in [-0.15, -0.1) is 5.10 Å². The van der Waals surface area contributed by atoms with Gasteiger partial charge in [-0.3, -0.25) is 0 Å². The van der Waals surface area contributed by atoms with Crippen molar-refractivity contribution in [3.05, 3.63) is 46.6 Å². The van der Waals surface area contributed by atoms with Crippen LogP contribution in [0.5, 0.6) is 0 Å². The largest absolute Gasteiger partial charge is 0.352 e. The Balaban J connectivity index is 1.36. The highest BCUT2D eigenvalue weighted by Crippen LogP contribution is 2.24. The summed E-state index contributed by atoms with van der Waals surface area (Å²) in [5.74, 6) is 0.923. The molecule has 2 amide bonds. The van der Waals surface area contributed by atoms with E-state index in [4.69, 9.17) is 11.6 Å². The summed E-state index contributed by atoms with van der Waals surface area (Å²) in [7, 11) is 0. The lowest BCUT2D eigenvalue weighted by molar-refractivity contribution is 0.208. The Morgan fingerprint density at radius 3 is 2.68 bits per heavy atom. The number of hydrogen-bond acceptors (Lipinski definition) is 4. The van der Waals surface area contributed by atoms with Gasteiger partial charge in [0, 0.05) is 26.2 Å². The summed E-state index contributed by atoms with van der Waals surface area (Å²) in [6, 6.07) is 9.31. The van der Waals surface area contributed by atoms with E-state index in [1.165, 1.54) is 12.0 Å². The summed E-state index contributed by atoms with van der Waals surface area (Å²) in [5, 5.41) is 12.1. The molecule has 0 radical (unpaired) electrons. The molecule has 0 spiro atoms. The highest BCUT2D eigenvalue weighted by Gasteiger charge is 2.24. The molecule has 4 rings (SSSR count). The van der Waals surface area contributed by atoms with Crippen molar-refractivity contribution in [2.45, 2.75) is 19.3 Å². The molecule has 2 aliphatic rings. The van der Waals surface area contributed by atoms with Gasteiger partial charge in [0.2, 0.25) is 0 Å². The number of aromatic nitrogens is 2. The molecule has 0 bridgehead atoms. The number of urea groups is 1. The first-order valence-electron chi connectivity index (χ1n) is 8.61. The molecule has 1 saturated heterocycles. The fourth-order valence-electron chi connectivity index (χ4n) is 3.37. The van der Waals surface area contributed by atoms with E-state index in [1.807, 2.05) is 12.1 Å². The first-order chi connectivity index (χ1) is 12.2. The van der Waals surface area contributed by atoms with Crippen molar-refractivity contribution in [1.29, 1.82) is 0 Å². The van der Waals surface area contributed by atoms with E-state index in [0.717, 1.165) is 37.4 Å². The molecule has 2 heterocycles. The normalized spacial score (nSPS) is 16.7. The quantitative estimate of drug-likeness (QED) is 0.897. The van der Waals surface area contributed by atoms with E-state index < -0.39 is 0 Å². The summed E-state index contributed by atoms with van der Waals surface area (Å²) in [5.41, 5.74) is 3.10. The third-order valence-electron chi connectivity index (χ3n) is 4.81. The zero-order chi connectivity index (χ0) is 17.2. The van der Waals surface area contributed by atoms with E-state index in [-0.39, 0.29) is 6.03 Å². The van der Waals surface area contributed by atoms with E-state index in [1.54, 1.807) is 17.0 Å². The van der Waals surface area contributed by atoms with Crippen LogP contribution < -0.4 is 10.2 Å². The Bertz CT molecular complexity index is 789. The fourth-order valence-corrected chi connectivity index (χ4v) is 3.55. The summed E-state index contributed by atoms with van der Waals surface area (Å²) in [6.45, 7) is 2.80. The van der Waals surface area contributed by atoms with Crippen LogP contribution in [-0.4, -0.2) is 47.3 Å². The molecule has 2 aromatic rings. The number of para-hydroxylation sites is 1. The predicted octanol–water partition coefficient (Wildman–Crippen LogP) is 2.97. The van der Waals surface area contributed by atoms with Gasteiger partial charge in [0.05, 0.1) is 16.4 Å². The van der Waals surface area contributed by atoms with Crippen molar-refractivity contribution in [2.75, 3.05) is 36.4 Å². The summed E-state index contributed by atoms with van der Waals surface area (Å²) in [4.78, 5) is 16.4. The molecule has 1 aliphatic carbocycles. The molecule has 1 aromatic heterocycles. The smallest absolute Gasteiger partial charge is 0.322 e. The van der Waals surface area contributed by atoms with Gasteiger partial charge in [-0.1, -0.05) is 23.7 Å². The molecule has 6 nitrogen and oxygen atoms in total. The van der Waals surface area contributed by atoms with Crippen LogP contribution >= 0.6 is 11.6 Å². The molecule has 0 saturated carbocycles. The second kappa shape index (κ2) is 6.88.